The van der Waals surface area contributed by atoms with Crippen LogP contribution in [0.1, 0.15) is 16.1 Å². The third-order valence-electron chi connectivity index (χ3n) is 2.50. The first kappa shape index (κ1) is 13.6. The molecule has 20 heavy (non-hydrogen) atoms. The van der Waals surface area contributed by atoms with Crippen LogP contribution >= 0.6 is 0 Å². The van der Waals surface area contributed by atoms with E-state index in [1.807, 2.05) is 0 Å². The number of ether oxygens (including phenoxy) is 1. The summed E-state index contributed by atoms with van der Waals surface area (Å²) in [6, 6.07) is 3.43. The lowest BCUT2D eigenvalue weighted by molar-refractivity contribution is 0.0691. The molecule has 0 unspecified atom stereocenters. The fourth-order valence-electron chi connectivity index (χ4n) is 1.61. The molecular weight excluding hydrogens is 262 g/mol. The van der Waals surface area contributed by atoms with Gasteiger partial charge < -0.3 is 19.6 Å². The number of rotatable bonds is 5. The summed E-state index contributed by atoms with van der Waals surface area (Å²) in [5.41, 5.74) is 1.29. The average molecular weight is 275 g/mol. The maximum Gasteiger partial charge on any atom is 0.407 e. The summed E-state index contributed by atoms with van der Waals surface area (Å²) in [4.78, 5) is 26.0. The summed E-state index contributed by atoms with van der Waals surface area (Å²) < 4.78 is 6.36. The van der Waals surface area contributed by atoms with Crippen LogP contribution in [0.25, 0.3) is 5.65 Å². The van der Waals surface area contributed by atoms with Gasteiger partial charge in [0, 0.05) is 18.9 Å². The normalized spacial score (nSPS) is 10.2. The van der Waals surface area contributed by atoms with Crippen molar-refractivity contribution in [1.82, 2.24) is 14.7 Å². The molecule has 0 atom stereocenters. The van der Waals surface area contributed by atoms with Gasteiger partial charge in [0.15, 0.2) is 5.69 Å². The number of nitrogens with zero attached hydrogens (tertiary/aromatic N) is 2. The molecule has 104 valence electrons. The fraction of sp³-hybridized carbons (Fsp3) is 0.154. The van der Waals surface area contributed by atoms with Crippen molar-refractivity contribution < 1.29 is 19.4 Å². The Morgan fingerprint density at radius 2 is 2.25 bits per heavy atom. The molecule has 0 aliphatic heterocycles. The van der Waals surface area contributed by atoms with Gasteiger partial charge in [0.25, 0.3) is 0 Å². The number of carboxylic acid groups (broad SMARTS) is 1. The van der Waals surface area contributed by atoms with E-state index in [1.54, 1.807) is 22.7 Å². The van der Waals surface area contributed by atoms with Crippen molar-refractivity contribution >= 4 is 17.7 Å². The first-order valence-electron chi connectivity index (χ1n) is 5.82. The molecule has 2 aromatic heterocycles. The van der Waals surface area contributed by atoms with Gasteiger partial charge in [0.2, 0.25) is 0 Å². The highest BCUT2D eigenvalue weighted by Gasteiger charge is 2.09. The van der Waals surface area contributed by atoms with Gasteiger partial charge in [-0.1, -0.05) is 18.7 Å². The number of imidazole rings is 1. The number of carbonyl (C=O) groups is 2. The van der Waals surface area contributed by atoms with E-state index in [0.29, 0.717) is 5.65 Å². The monoisotopic (exact) mass is 275 g/mol. The Balaban J connectivity index is 2.06. The predicted octanol–water partition coefficient (Wildman–Crippen LogP) is 1.44. The van der Waals surface area contributed by atoms with E-state index in [2.05, 4.69) is 16.9 Å². The van der Waals surface area contributed by atoms with Crippen molar-refractivity contribution in [1.29, 1.82) is 0 Å². The van der Waals surface area contributed by atoms with E-state index >= 15 is 0 Å². The van der Waals surface area contributed by atoms with Gasteiger partial charge in [0.05, 0.1) is 0 Å². The van der Waals surface area contributed by atoms with E-state index in [4.69, 9.17) is 9.84 Å². The third-order valence-corrected chi connectivity index (χ3v) is 2.50. The van der Waals surface area contributed by atoms with Crippen LogP contribution in [0.3, 0.4) is 0 Å². The summed E-state index contributed by atoms with van der Waals surface area (Å²) >= 11 is 0. The van der Waals surface area contributed by atoms with Crippen LogP contribution in [0.5, 0.6) is 0 Å². The Labute approximate surface area is 114 Å². The minimum absolute atomic E-state index is 0.0273. The molecule has 2 rings (SSSR count). The Morgan fingerprint density at radius 1 is 1.45 bits per heavy atom. The van der Waals surface area contributed by atoms with Crippen molar-refractivity contribution in [3.8, 4) is 0 Å². The summed E-state index contributed by atoms with van der Waals surface area (Å²) in [5, 5.41) is 11.4. The Bertz CT molecular complexity index is 663. The van der Waals surface area contributed by atoms with Gasteiger partial charge in [-0.2, -0.15) is 0 Å². The summed E-state index contributed by atoms with van der Waals surface area (Å²) in [6.07, 6.45) is 4.05. The van der Waals surface area contributed by atoms with Crippen molar-refractivity contribution in [2.24, 2.45) is 0 Å². The van der Waals surface area contributed by atoms with E-state index in [0.717, 1.165) is 5.56 Å². The number of aromatic nitrogens is 2. The largest absolute Gasteiger partial charge is 0.476 e. The molecule has 0 aliphatic rings. The molecule has 0 bridgehead atoms. The van der Waals surface area contributed by atoms with Crippen molar-refractivity contribution in [3.63, 3.8) is 0 Å². The summed E-state index contributed by atoms with van der Waals surface area (Å²) in [5.74, 6) is -1.08. The van der Waals surface area contributed by atoms with Crippen molar-refractivity contribution in [2.75, 3.05) is 6.61 Å². The number of aromatic carboxylic acids is 1. The van der Waals surface area contributed by atoms with Gasteiger partial charge >= 0.3 is 12.1 Å². The number of carbonyl (C=O) groups excluding carboxylic acids is 1. The molecule has 0 aliphatic carbocycles. The molecule has 2 N–H and O–H groups in total. The minimum Gasteiger partial charge on any atom is -0.476 e. The molecular formula is C13H13N3O4. The van der Waals surface area contributed by atoms with E-state index < -0.39 is 12.1 Å². The van der Waals surface area contributed by atoms with E-state index in [-0.39, 0.29) is 18.8 Å². The predicted molar refractivity (Wildman–Crippen MR) is 70.5 cm³/mol. The molecule has 7 heteroatoms. The Morgan fingerprint density at radius 3 is 2.95 bits per heavy atom. The lowest BCUT2D eigenvalue weighted by Gasteiger charge is -2.05. The number of nitrogens with one attached hydrogen (secondary N) is 1. The Hall–Kier alpha value is -2.83. The van der Waals surface area contributed by atoms with Crippen LogP contribution in [-0.4, -0.2) is 33.2 Å². The molecule has 1 amide bonds. The van der Waals surface area contributed by atoms with E-state index in [1.165, 1.54) is 12.3 Å². The number of alkyl carbamates (subject to hydrolysis) is 1. The Kier molecular flexibility index (Phi) is 3.99. The standard InChI is InChI=1S/C13H13N3O4/c1-2-5-20-13(19)14-6-9-3-4-11-15-10(12(17)18)8-16(11)7-9/h2-4,7-8H,1,5-6H2,(H,14,19)(H,17,18). The van der Waals surface area contributed by atoms with Crippen LogP contribution in [0.15, 0.2) is 37.2 Å². The molecule has 0 fully saturated rings. The SMILES string of the molecule is C=CCOC(=O)NCc1ccc2nc(C(=O)O)cn2c1. The highest BCUT2D eigenvalue weighted by Crippen LogP contribution is 2.08. The molecule has 2 aromatic rings. The topological polar surface area (TPSA) is 92.9 Å². The number of carboxylic acids is 1. The maximum atomic E-state index is 11.3. The fourth-order valence-corrected chi connectivity index (χ4v) is 1.61. The number of fused-ring (bicyclic) bond motifs is 1. The van der Waals surface area contributed by atoms with Crippen LogP contribution in [-0.2, 0) is 11.3 Å². The van der Waals surface area contributed by atoms with Gasteiger partial charge in [-0.15, -0.1) is 0 Å². The first-order valence-corrected chi connectivity index (χ1v) is 5.82. The van der Waals surface area contributed by atoms with Gasteiger partial charge in [-0.3, -0.25) is 0 Å². The molecule has 2 heterocycles. The first-order chi connectivity index (χ1) is 9.60. The average Bonchev–Trinajstić information content (AvgIpc) is 2.86. The van der Waals surface area contributed by atoms with Gasteiger partial charge in [-0.05, 0) is 11.6 Å². The smallest absolute Gasteiger partial charge is 0.407 e. The van der Waals surface area contributed by atoms with Crippen LogP contribution in [0.2, 0.25) is 0 Å². The molecule has 7 nitrogen and oxygen atoms in total. The summed E-state index contributed by atoms with van der Waals surface area (Å²) in [6.45, 7) is 3.86. The molecule has 0 radical (unpaired) electrons. The molecule has 0 saturated carbocycles. The zero-order valence-electron chi connectivity index (χ0n) is 10.6. The lowest BCUT2D eigenvalue weighted by Crippen LogP contribution is -2.23. The second-order valence-electron chi connectivity index (χ2n) is 3.97. The van der Waals surface area contributed by atoms with Crippen LogP contribution < -0.4 is 5.32 Å². The number of hydrogen-bond donors (Lipinski definition) is 2. The second kappa shape index (κ2) is 5.87. The summed E-state index contributed by atoms with van der Waals surface area (Å²) in [7, 11) is 0. The zero-order valence-corrected chi connectivity index (χ0v) is 10.6. The molecule has 0 spiro atoms. The van der Waals surface area contributed by atoms with E-state index in [9.17, 15) is 9.59 Å². The number of hydrogen-bond acceptors (Lipinski definition) is 4. The highest BCUT2D eigenvalue weighted by atomic mass is 16.5. The van der Waals surface area contributed by atoms with Crippen LogP contribution in [0.4, 0.5) is 4.79 Å². The van der Waals surface area contributed by atoms with Gasteiger partial charge in [0.1, 0.15) is 12.3 Å². The van der Waals surface area contributed by atoms with Gasteiger partial charge in [-0.25, -0.2) is 14.6 Å². The quantitative estimate of drug-likeness (QED) is 0.805. The highest BCUT2D eigenvalue weighted by molar-refractivity contribution is 5.86. The number of pyridine rings is 1. The minimum atomic E-state index is -1.08. The van der Waals surface area contributed by atoms with Crippen molar-refractivity contribution in [3.05, 3.63) is 48.4 Å². The molecule has 0 aromatic carbocycles. The lowest BCUT2D eigenvalue weighted by atomic mass is 10.3. The zero-order chi connectivity index (χ0) is 14.5. The number of amides is 1. The van der Waals surface area contributed by atoms with Crippen LogP contribution in [0, 0.1) is 0 Å². The second-order valence-corrected chi connectivity index (χ2v) is 3.97. The third kappa shape index (κ3) is 3.14. The maximum absolute atomic E-state index is 11.3. The molecule has 0 saturated heterocycles. The van der Waals surface area contributed by atoms with Crippen molar-refractivity contribution in [2.45, 2.75) is 6.54 Å².